The standard InChI is InChI=1S/C21H21Cl2N5O4/c22-13-7-15-16(8-14(13)23)28(21(26-15)11-3-5-24-6-4-11)10-18(30)27-25-9-12-1-2-17(29)20(32)19(12)31/h1-2,7-9,11,24,29,31-32H,3-6,10H2,(H,27,30)/b25-9+. The van der Waals surface area contributed by atoms with Crippen LogP contribution in [0.1, 0.15) is 30.1 Å². The molecule has 2 aromatic carbocycles. The molecule has 0 radical (unpaired) electrons. The maximum absolute atomic E-state index is 12.6. The summed E-state index contributed by atoms with van der Waals surface area (Å²) in [7, 11) is 0. The molecule has 9 nitrogen and oxygen atoms in total. The number of hydrazone groups is 1. The van der Waals surface area contributed by atoms with E-state index < -0.39 is 23.2 Å². The molecule has 0 atom stereocenters. The van der Waals surface area contributed by atoms with E-state index in [-0.39, 0.29) is 18.0 Å². The Hall–Kier alpha value is -3.01. The number of carbonyl (C=O) groups excluding carboxylic acids is 1. The lowest BCUT2D eigenvalue weighted by Gasteiger charge is -2.23. The molecule has 0 unspecified atom stereocenters. The fraction of sp³-hybridized carbons (Fsp3) is 0.286. The molecule has 3 aromatic rings. The molecular formula is C21H21Cl2N5O4. The van der Waals surface area contributed by atoms with Crippen molar-refractivity contribution >= 4 is 46.4 Å². The molecule has 1 fully saturated rings. The van der Waals surface area contributed by atoms with Gasteiger partial charge in [0.1, 0.15) is 12.4 Å². The van der Waals surface area contributed by atoms with Gasteiger partial charge in [-0.3, -0.25) is 4.79 Å². The third-order valence-corrected chi connectivity index (χ3v) is 6.10. The molecule has 0 spiro atoms. The number of nitrogens with one attached hydrogen (secondary N) is 2. The van der Waals surface area contributed by atoms with Crippen molar-refractivity contribution in [1.82, 2.24) is 20.3 Å². The van der Waals surface area contributed by atoms with Gasteiger partial charge in [-0.2, -0.15) is 5.10 Å². The fourth-order valence-corrected chi connectivity index (χ4v) is 4.05. The summed E-state index contributed by atoms with van der Waals surface area (Å²) in [6.45, 7) is 1.70. The maximum Gasteiger partial charge on any atom is 0.260 e. The van der Waals surface area contributed by atoms with Crippen LogP contribution in [0.25, 0.3) is 11.0 Å². The summed E-state index contributed by atoms with van der Waals surface area (Å²) in [4.78, 5) is 17.4. The molecular weight excluding hydrogens is 457 g/mol. The molecule has 1 aliphatic heterocycles. The number of fused-ring (bicyclic) bond motifs is 1. The van der Waals surface area contributed by atoms with Gasteiger partial charge in [0.15, 0.2) is 11.5 Å². The Morgan fingerprint density at radius 2 is 1.91 bits per heavy atom. The van der Waals surface area contributed by atoms with E-state index >= 15 is 0 Å². The first-order chi connectivity index (χ1) is 15.3. The van der Waals surface area contributed by atoms with Crippen LogP contribution in [0.5, 0.6) is 17.2 Å². The lowest BCUT2D eigenvalue weighted by Crippen LogP contribution is -2.30. The average molecular weight is 478 g/mol. The van der Waals surface area contributed by atoms with Gasteiger partial charge in [-0.25, -0.2) is 10.4 Å². The van der Waals surface area contributed by atoms with Crippen molar-refractivity contribution in [2.24, 2.45) is 5.10 Å². The number of hydrogen-bond acceptors (Lipinski definition) is 7. The lowest BCUT2D eigenvalue weighted by atomic mass is 9.97. The molecule has 2 heterocycles. The molecule has 32 heavy (non-hydrogen) atoms. The van der Waals surface area contributed by atoms with Crippen molar-refractivity contribution in [3.63, 3.8) is 0 Å². The summed E-state index contributed by atoms with van der Waals surface area (Å²) in [5.74, 6) is -1.09. The normalized spacial score (nSPS) is 14.9. The van der Waals surface area contributed by atoms with Crippen LogP contribution in [0.15, 0.2) is 29.4 Å². The minimum atomic E-state index is -0.660. The molecule has 1 saturated heterocycles. The minimum absolute atomic E-state index is 0.0438. The number of benzene rings is 2. The van der Waals surface area contributed by atoms with Crippen molar-refractivity contribution in [3.8, 4) is 17.2 Å². The van der Waals surface area contributed by atoms with E-state index in [9.17, 15) is 20.1 Å². The first-order valence-electron chi connectivity index (χ1n) is 9.97. The number of phenolic OH excluding ortho intramolecular Hbond substituents is 3. The molecule has 11 heteroatoms. The van der Waals surface area contributed by atoms with E-state index in [1.54, 1.807) is 12.1 Å². The maximum atomic E-state index is 12.6. The number of halogens is 2. The molecule has 0 aliphatic carbocycles. The zero-order valence-corrected chi connectivity index (χ0v) is 18.4. The van der Waals surface area contributed by atoms with Gasteiger partial charge in [0.2, 0.25) is 5.75 Å². The highest BCUT2D eigenvalue weighted by Crippen LogP contribution is 2.36. The Kier molecular flexibility index (Phi) is 6.40. The Bertz CT molecular complexity index is 1200. The Morgan fingerprint density at radius 3 is 2.66 bits per heavy atom. The monoisotopic (exact) mass is 477 g/mol. The van der Waals surface area contributed by atoms with Gasteiger partial charge in [-0.05, 0) is 50.2 Å². The molecule has 1 aliphatic rings. The summed E-state index contributed by atoms with van der Waals surface area (Å²) >= 11 is 12.4. The van der Waals surface area contributed by atoms with Crippen LogP contribution in [-0.4, -0.2) is 50.1 Å². The number of carbonyl (C=O) groups is 1. The Morgan fingerprint density at radius 1 is 1.19 bits per heavy atom. The zero-order chi connectivity index (χ0) is 22.8. The van der Waals surface area contributed by atoms with E-state index in [0.29, 0.717) is 21.1 Å². The van der Waals surface area contributed by atoms with Gasteiger partial charge < -0.3 is 25.2 Å². The van der Waals surface area contributed by atoms with E-state index in [0.717, 1.165) is 31.8 Å². The number of aromatic nitrogens is 2. The molecule has 0 bridgehead atoms. The van der Waals surface area contributed by atoms with E-state index in [1.807, 2.05) is 4.57 Å². The van der Waals surface area contributed by atoms with Crippen molar-refractivity contribution < 1.29 is 20.1 Å². The van der Waals surface area contributed by atoms with Crippen LogP contribution in [0.2, 0.25) is 10.0 Å². The summed E-state index contributed by atoms with van der Waals surface area (Å²) in [6.07, 6.45) is 2.96. The summed E-state index contributed by atoms with van der Waals surface area (Å²) in [5, 5.41) is 36.7. The summed E-state index contributed by atoms with van der Waals surface area (Å²) in [5.41, 5.74) is 3.90. The van der Waals surface area contributed by atoms with Crippen LogP contribution in [0.4, 0.5) is 0 Å². The lowest BCUT2D eigenvalue weighted by molar-refractivity contribution is -0.121. The first kappa shape index (κ1) is 22.2. The minimum Gasteiger partial charge on any atom is -0.504 e. The number of piperidine rings is 1. The molecule has 1 aromatic heterocycles. The predicted octanol–water partition coefficient (Wildman–Crippen LogP) is 3.08. The SMILES string of the molecule is O=C(Cn1c(C2CCNCC2)nc2cc(Cl)c(Cl)cc21)N/N=C/c1ccc(O)c(O)c1O. The second-order valence-corrected chi connectivity index (χ2v) is 8.31. The third kappa shape index (κ3) is 4.45. The Labute approximate surface area is 193 Å². The summed E-state index contributed by atoms with van der Waals surface area (Å²) in [6, 6.07) is 5.95. The van der Waals surface area contributed by atoms with Crippen molar-refractivity contribution in [2.45, 2.75) is 25.3 Å². The highest BCUT2D eigenvalue weighted by molar-refractivity contribution is 6.42. The van der Waals surface area contributed by atoms with Gasteiger partial charge in [0.25, 0.3) is 5.91 Å². The number of amides is 1. The largest absolute Gasteiger partial charge is 0.504 e. The van der Waals surface area contributed by atoms with E-state index in [4.69, 9.17) is 28.2 Å². The molecule has 0 saturated carbocycles. The number of hydrogen-bond donors (Lipinski definition) is 5. The van der Waals surface area contributed by atoms with Crippen molar-refractivity contribution in [3.05, 3.63) is 45.7 Å². The number of phenols is 3. The van der Waals surface area contributed by atoms with Gasteiger partial charge >= 0.3 is 0 Å². The summed E-state index contributed by atoms with van der Waals surface area (Å²) < 4.78 is 1.82. The quantitative estimate of drug-likeness (QED) is 0.218. The molecule has 4 rings (SSSR count). The van der Waals surface area contributed by atoms with E-state index in [1.165, 1.54) is 18.3 Å². The molecule has 168 valence electrons. The first-order valence-corrected chi connectivity index (χ1v) is 10.7. The van der Waals surface area contributed by atoms with Gasteiger partial charge in [-0.1, -0.05) is 23.2 Å². The van der Waals surface area contributed by atoms with Crippen LogP contribution in [0, 0.1) is 0 Å². The van der Waals surface area contributed by atoms with Gasteiger partial charge in [0, 0.05) is 11.5 Å². The molecule has 1 amide bonds. The van der Waals surface area contributed by atoms with Gasteiger partial charge in [-0.15, -0.1) is 0 Å². The average Bonchev–Trinajstić information content (AvgIpc) is 3.11. The third-order valence-electron chi connectivity index (χ3n) is 5.38. The topological polar surface area (TPSA) is 132 Å². The second kappa shape index (κ2) is 9.23. The van der Waals surface area contributed by atoms with Crippen LogP contribution >= 0.6 is 23.2 Å². The number of rotatable bonds is 5. The number of imidazole rings is 1. The fourth-order valence-electron chi connectivity index (χ4n) is 3.74. The van der Waals surface area contributed by atoms with Crippen LogP contribution in [-0.2, 0) is 11.3 Å². The van der Waals surface area contributed by atoms with Crippen LogP contribution in [0.3, 0.4) is 0 Å². The van der Waals surface area contributed by atoms with Crippen molar-refractivity contribution in [2.75, 3.05) is 13.1 Å². The van der Waals surface area contributed by atoms with Crippen molar-refractivity contribution in [1.29, 1.82) is 0 Å². The second-order valence-electron chi connectivity index (χ2n) is 7.50. The zero-order valence-electron chi connectivity index (χ0n) is 16.8. The van der Waals surface area contributed by atoms with Gasteiger partial charge in [0.05, 0.1) is 27.3 Å². The smallest absolute Gasteiger partial charge is 0.260 e. The highest BCUT2D eigenvalue weighted by atomic mass is 35.5. The number of nitrogens with zero attached hydrogens (tertiary/aromatic N) is 3. The predicted molar refractivity (Wildman–Crippen MR) is 122 cm³/mol. The number of aromatic hydroxyl groups is 3. The Balaban J connectivity index is 1.58. The molecule has 5 N–H and O–H groups in total. The highest BCUT2D eigenvalue weighted by Gasteiger charge is 2.24. The van der Waals surface area contributed by atoms with Crippen LogP contribution < -0.4 is 10.7 Å². The van der Waals surface area contributed by atoms with E-state index in [2.05, 4.69) is 15.8 Å².